The highest BCUT2D eigenvalue weighted by molar-refractivity contribution is 5.87. The number of fused-ring (bicyclic) bond motifs is 2. The molecule has 214 valence electrons. The highest BCUT2D eigenvalue weighted by atomic mass is 16.7. The second-order valence-corrected chi connectivity index (χ2v) is 10.4. The van der Waals surface area contributed by atoms with Gasteiger partial charge in [0.2, 0.25) is 22.7 Å². The van der Waals surface area contributed by atoms with E-state index < -0.39 is 12.1 Å². The smallest absolute Gasteiger partial charge is 0.246 e. The van der Waals surface area contributed by atoms with Gasteiger partial charge in [0.1, 0.15) is 18.5 Å². The maximum absolute atomic E-state index is 14.0. The second kappa shape index (κ2) is 10.9. The van der Waals surface area contributed by atoms with Crippen molar-refractivity contribution >= 4 is 11.0 Å². The fourth-order valence-corrected chi connectivity index (χ4v) is 5.06. The molecule has 0 aliphatic carbocycles. The largest absolute Gasteiger partial charge is 0.493 e. The first kappa shape index (κ1) is 26.8. The van der Waals surface area contributed by atoms with E-state index in [0.29, 0.717) is 64.2 Å². The van der Waals surface area contributed by atoms with Crippen molar-refractivity contribution in [2.24, 2.45) is 0 Å². The van der Waals surface area contributed by atoms with Crippen molar-refractivity contribution in [3.05, 3.63) is 70.6 Å². The summed E-state index contributed by atoms with van der Waals surface area (Å²) in [5.41, 5.74) is 1.78. The van der Waals surface area contributed by atoms with Gasteiger partial charge >= 0.3 is 0 Å². The Bertz CT molecular complexity index is 1620. The zero-order chi connectivity index (χ0) is 28.6. The van der Waals surface area contributed by atoms with Gasteiger partial charge in [-0.1, -0.05) is 30.3 Å². The highest BCUT2D eigenvalue weighted by Gasteiger charge is 2.39. The molecule has 0 radical (unpaired) electrons. The molecule has 4 aromatic rings. The van der Waals surface area contributed by atoms with E-state index in [0.717, 1.165) is 24.8 Å². The number of methoxy groups -OCH3 is 2. The topological polar surface area (TPSA) is 94.8 Å². The normalized spacial score (nSPS) is 17.3. The van der Waals surface area contributed by atoms with Gasteiger partial charge in [-0.2, -0.15) is 0 Å². The van der Waals surface area contributed by atoms with Gasteiger partial charge in [0.05, 0.1) is 31.8 Å². The lowest BCUT2D eigenvalue weighted by atomic mass is 10.0. The average molecular weight is 561 g/mol. The molecule has 1 saturated heterocycles. The SMILES string of the molecule is COc1cc(-c2coc3cc(OCc4ccccc4)c(OC4CCCCO4)cc3c2=O)c(OC)c2c1OC(C)(C)O2. The summed E-state index contributed by atoms with van der Waals surface area (Å²) in [7, 11) is 3.03. The zero-order valence-corrected chi connectivity index (χ0v) is 23.5. The summed E-state index contributed by atoms with van der Waals surface area (Å²) in [6, 6.07) is 14.8. The van der Waals surface area contributed by atoms with E-state index in [-0.39, 0.29) is 11.0 Å². The maximum Gasteiger partial charge on any atom is 0.246 e. The molecule has 0 amide bonds. The molecular formula is C32H32O9. The monoisotopic (exact) mass is 560 g/mol. The van der Waals surface area contributed by atoms with E-state index in [4.69, 9.17) is 37.6 Å². The molecule has 3 aromatic carbocycles. The van der Waals surface area contributed by atoms with Gasteiger partial charge in [0.15, 0.2) is 29.3 Å². The van der Waals surface area contributed by atoms with Crippen LogP contribution in [0.25, 0.3) is 22.1 Å². The van der Waals surface area contributed by atoms with Crippen LogP contribution in [-0.2, 0) is 11.3 Å². The molecule has 41 heavy (non-hydrogen) atoms. The van der Waals surface area contributed by atoms with Gasteiger partial charge in [-0.3, -0.25) is 4.79 Å². The van der Waals surface area contributed by atoms with E-state index in [9.17, 15) is 4.79 Å². The molecule has 2 aliphatic rings. The second-order valence-electron chi connectivity index (χ2n) is 10.4. The number of hydrogen-bond acceptors (Lipinski definition) is 9. The van der Waals surface area contributed by atoms with Crippen molar-refractivity contribution in [3.8, 4) is 45.6 Å². The van der Waals surface area contributed by atoms with Crippen LogP contribution in [0.4, 0.5) is 0 Å². The van der Waals surface area contributed by atoms with Crippen LogP contribution in [0.3, 0.4) is 0 Å². The first-order chi connectivity index (χ1) is 19.9. The molecule has 1 atom stereocenters. The van der Waals surface area contributed by atoms with Gasteiger partial charge in [-0.15, -0.1) is 0 Å². The molecule has 1 fully saturated rings. The lowest BCUT2D eigenvalue weighted by molar-refractivity contribution is -0.106. The third kappa shape index (κ3) is 5.25. The summed E-state index contributed by atoms with van der Waals surface area (Å²) in [4.78, 5) is 14.0. The summed E-state index contributed by atoms with van der Waals surface area (Å²) in [6.45, 7) is 4.50. The molecule has 9 nitrogen and oxygen atoms in total. The van der Waals surface area contributed by atoms with Crippen LogP contribution in [0, 0.1) is 0 Å². The van der Waals surface area contributed by atoms with Gasteiger partial charge in [-0.25, -0.2) is 0 Å². The van der Waals surface area contributed by atoms with Crippen LogP contribution in [-0.4, -0.2) is 32.9 Å². The van der Waals surface area contributed by atoms with Crippen LogP contribution in [0.5, 0.6) is 34.5 Å². The third-order valence-corrected chi connectivity index (χ3v) is 7.04. The molecule has 3 heterocycles. The molecule has 9 heteroatoms. The van der Waals surface area contributed by atoms with Crippen molar-refractivity contribution < 1.29 is 37.6 Å². The van der Waals surface area contributed by atoms with Crippen molar-refractivity contribution in [1.82, 2.24) is 0 Å². The minimum absolute atomic E-state index is 0.265. The quantitative estimate of drug-likeness (QED) is 0.240. The first-order valence-corrected chi connectivity index (χ1v) is 13.6. The number of benzene rings is 3. The first-order valence-electron chi connectivity index (χ1n) is 13.6. The Morgan fingerprint density at radius 2 is 1.71 bits per heavy atom. The van der Waals surface area contributed by atoms with Crippen molar-refractivity contribution in [3.63, 3.8) is 0 Å². The van der Waals surface area contributed by atoms with Gasteiger partial charge in [-0.05, 0) is 30.5 Å². The van der Waals surface area contributed by atoms with Crippen LogP contribution in [0.15, 0.2) is 64.0 Å². The molecule has 6 rings (SSSR count). The van der Waals surface area contributed by atoms with Crippen LogP contribution in [0.2, 0.25) is 0 Å². The summed E-state index contributed by atoms with van der Waals surface area (Å²) in [6.07, 6.45) is 3.70. The number of ether oxygens (including phenoxy) is 7. The predicted octanol–water partition coefficient (Wildman–Crippen LogP) is 6.47. The zero-order valence-electron chi connectivity index (χ0n) is 23.5. The summed E-state index contributed by atoms with van der Waals surface area (Å²) < 4.78 is 47.5. The van der Waals surface area contributed by atoms with Crippen LogP contribution >= 0.6 is 0 Å². The third-order valence-electron chi connectivity index (χ3n) is 7.04. The molecule has 0 saturated carbocycles. The standard InChI is InChI=1S/C32H32O9/c1-32(2)40-30-26(34-3)14-20(29(35-4)31(30)41-32)22-18-38-23-16-24(37-17-19-10-6-5-7-11-19)25(15-21(23)28(22)33)39-27-12-8-9-13-36-27/h5-7,10-11,14-16,18,27H,8-9,12-13,17H2,1-4H3. The number of rotatable bonds is 8. The highest BCUT2D eigenvalue weighted by Crippen LogP contribution is 2.55. The van der Waals surface area contributed by atoms with Crippen molar-refractivity contribution in [2.75, 3.05) is 20.8 Å². The summed E-state index contributed by atoms with van der Waals surface area (Å²) in [5, 5.41) is 0.319. The van der Waals surface area contributed by atoms with Crippen LogP contribution < -0.4 is 33.8 Å². The maximum atomic E-state index is 14.0. The van der Waals surface area contributed by atoms with E-state index in [2.05, 4.69) is 0 Å². The molecule has 1 unspecified atom stereocenters. The summed E-state index contributed by atoms with van der Waals surface area (Å²) >= 11 is 0. The van der Waals surface area contributed by atoms with Gasteiger partial charge < -0.3 is 37.6 Å². The van der Waals surface area contributed by atoms with Gasteiger partial charge in [0, 0.05) is 31.9 Å². The van der Waals surface area contributed by atoms with E-state index in [1.807, 2.05) is 30.3 Å². The number of hydrogen-bond donors (Lipinski definition) is 0. The average Bonchev–Trinajstić information content (AvgIpc) is 3.31. The Kier molecular flexibility index (Phi) is 7.13. The molecular weight excluding hydrogens is 528 g/mol. The van der Waals surface area contributed by atoms with Gasteiger partial charge in [0.25, 0.3) is 0 Å². The van der Waals surface area contributed by atoms with E-state index in [1.54, 1.807) is 32.0 Å². The molecule has 0 N–H and O–H groups in total. The fourth-order valence-electron chi connectivity index (χ4n) is 5.06. The Balaban J connectivity index is 1.45. The van der Waals surface area contributed by atoms with E-state index >= 15 is 0 Å². The Hall–Kier alpha value is -4.37. The van der Waals surface area contributed by atoms with Crippen molar-refractivity contribution in [1.29, 1.82) is 0 Å². The van der Waals surface area contributed by atoms with Crippen molar-refractivity contribution in [2.45, 2.75) is 51.8 Å². The lowest BCUT2D eigenvalue weighted by Crippen LogP contribution is -2.29. The molecule has 2 aliphatic heterocycles. The minimum Gasteiger partial charge on any atom is -0.493 e. The molecule has 1 aromatic heterocycles. The Labute approximate surface area is 237 Å². The molecule has 0 spiro atoms. The Morgan fingerprint density at radius 3 is 2.44 bits per heavy atom. The predicted molar refractivity (Wildman–Crippen MR) is 151 cm³/mol. The summed E-state index contributed by atoms with van der Waals surface area (Å²) in [5.74, 6) is 1.44. The molecule has 0 bridgehead atoms. The minimum atomic E-state index is -0.931. The fraction of sp³-hybridized carbons (Fsp3) is 0.344. The van der Waals surface area contributed by atoms with Crippen LogP contribution in [0.1, 0.15) is 38.7 Å². The lowest BCUT2D eigenvalue weighted by Gasteiger charge is -2.24. The van der Waals surface area contributed by atoms with E-state index in [1.165, 1.54) is 20.5 Å². The Morgan fingerprint density at radius 1 is 0.902 bits per heavy atom.